The van der Waals surface area contributed by atoms with Crippen molar-refractivity contribution in [2.24, 2.45) is 0 Å². The van der Waals surface area contributed by atoms with Gasteiger partial charge >= 0.3 is 0 Å². The van der Waals surface area contributed by atoms with E-state index in [4.69, 9.17) is 0 Å². The van der Waals surface area contributed by atoms with Crippen molar-refractivity contribution >= 4 is 38.6 Å². The molecule has 0 heterocycles. The Hall–Kier alpha value is -8.26. The van der Waals surface area contributed by atoms with Crippen molar-refractivity contribution in [2.45, 2.75) is 24.7 Å². The van der Waals surface area contributed by atoms with Crippen molar-refractivity contribution in [3.05, 3.63) is 282 Å². The molecule has 11 aromatic rings. The minimum atomic E-state index is -0.488. The lowest BCUT2D eigenvalue weighted by atomic mass is 9.68. The molecular formula is C66H47N. The van der Waals surface area contributed by atoms with Crippen LogP contribution in [0.2, 0.25) is 0 Å². The van der Waals surface area contributed by atoms with Crippen molar-refractivity contribution in [1.82, 2.24) is 0 Å². The zero-order valence-electron chi connectivity index (χ0n) is 37.6. The Morgan fingerprint density at radius 3 is 1.57 bits per heavy atom. The van der Waals surface area contributed by atoms with E-state index in [0.717, 1.165) is 17.1 Å². The number of hydrogen-bond donors (Lipinski definition) is 0. The minimum Gasteiger partial charge on any atom is -0.310 e. The topological polar surface area (TPSA) is 3.24 Å². The van der Waals surface area contributed by atoms with Gasteiger partial charge in [-0.3, -0.25) is 0 Å². The molecule has 0 bridgehead atoms. The smallest absolute Gasteiger partial charge is 0.0713 e. The van der Waals surface area contributed by atoms with Gasteiger partial charge in [-0.1, -0.05) is 220 Å². The number of nitrogens with zero attached hydrogens (tertiary/aromatic N) is 1. The highest BCUT2D eigenvalue weighted by molar-refractivity contribution is 6.07. The fourth-order valence-corrected chi connectivity index (χ4v) is 11.9. The maximum Gasteiger partial charge on any atom is 0.0713 e. The van der Waals surface area contributed by atoms with Crippen molar-refractivity contribution in [3.63, 3.8) is 0 Å². The maximum absolute atomic E-state index is 2.53. The van der Waals surface area contributed by atoms with Gasteiger partial charge in [-0.15, -0.1) is 0 Å². The minimum absolute atomic E-state index is 0.212. The van der Waals surface area contributed by atoms with E-state index in [1.54, 1.807) is 0 Å². The third-order valence-corrected chi connectivity index (χ3v) is 14.9. The Morgan fingerprint density at radius 1 is 0.313 bits per heavy atom. The molecule has 0 saturated carbocycles. The highest BCUT2D eigenvalue weighted by Gasteiger charge is 2.46. The second-order valence-corrected chi connectivity index (χ2v) is 18.8. The van der Waals surface area contributed by atoms with Gasteiger partial charge in [-0.25, -0.2) is 0 Å². The fourth-order valence-electron chi connectivity index (χ4n) is 11.9. The molecule has 0 spiro atoms. The molecule has 0 fully saturated rings. The summed E-state index contributed by atoms with van der Waals surface area (Å²) in [5.74, 6) is 0. The second kappa shape index (κ2) is 15.2. The van der Waals surface area contributed by atoms with Crippen LogP contribution in [0.15, 0.2) is 249 Å². The van der Waals surface area contributed by atoms with Gasteiger partial charge in [-0.05, 0) is 136 Å². The molecule has 0 atom stereocenters. The SMILES string of the molecule is CC1(C)c2cc(N(c3ccc4c(c3)-c3ccccc3C4(c3ccccc3)c3ccccc3)c3ccccc3-c3ccc4ccccc4c3-c3ccccc3)ccc2-c2cc3ccccc3cc21. The summed E-state index contributed by atoms with van der Waals surface area (Å²) in [5, 5.41) is 5.02. The lowest BCUT2D eigenvalue weighted by Crippen LogP contribution is -2.28. The number of benzene rings is 11. The maximum atomic E-state index is 2.53. The van der Waals surface area contributed by atoms with Crippen LogP contribution in [-0.4, -0.2) is 0 Å². The lowest BCUT2D eigenvalue weighted by Gasteiger charge is -2.34. The molecular weight excluding hydrogens is 807 g/mol. The third kappa shape index (κ3) is 5.88. The monoisotopic (exact) mass is 853 g/mol. The van der Waals surface area contributed by atoms with Gasteiger partial charge in [0, 0.05) is 22.4 Å². The molecule has 0 aromatic heterocycles. The molecule has 0 aliphatic heterocycles. The first-order valence-electron chi connectivity index (χ1n) is 23.5. The van der Waals surface area contributed by atoms with Crippen LogP contribution in [0, 0.1) is 0 Å². The van der Waals surface area contributed by atoms with E-state index in [1.807, 2.05) is 0 Å². The first kappa shape index (κ1) is 39.1. The van der Waals surface area contributed by atoms with E-state index in [2.05, 4.69) is 267 Å². The molecule has 1 heteroatoms. The molecule has 11 aromatic carbocycles. The molecule has 67 heavy (non-hydrogen) atoms. The largest absolute Gasteiger partial charge is 0.310 e. The van der Waals surface area contributed by atoms with Gasteiger partial charge in [0.2, 0.25) is 0 Å². The van der Waals surface area contributed by atoms with Crippen molar-refractivity contribution in [3.8, 4) is 44.5 Å². The number of rotatable bonds is 7. The Bertz CT molecular complexity index is 3670. The zero-order chi connectivity index (χ0) is 44.7. The Morgan fingerprint density at radius 2 is 0.821 bits per heavy atom. The summed E-state index contributed by atoms with van der Waals surface area (Å²) in [6.45, 7) is 4.80. The lowest BCUT2D eigenvalue weighted by molar-refractivity contribution is 0.661. The van der Waals surface area contributed by atoms with Crippen LogP contribution in [0.25, 0.3) is 66.1 Å². The molecule has 2 aliphatic rings. The molecule has 316 valence electrons. The molecule has 0 N–H and O–H groups in total. The van der Waals surface area contributed by atoms with E-state index in [1.165, 1.54) is 99.4 Å². The van der Waals surface area contributed by atoms with Gasteiger partial charge in [0.1, 0.15) is 0 Å². The molecule has 0 unspecified atom stereocenters. The molecule has 0 radical (unpaired) electrons. The standard InChI is InChI=1S/C66H47N/c1-65(2)61-41-47-24-13-12-23-46(47)40-57(61)54-38-35-51(43-62(54)65)67(63-33-19-17-31-55(63)56-37-34-44-20-14-15-29-52(44)64(56)45-21-6-3-7-22-45)50-36-39-60-58(42-50)53-30-16-18-32-59(53)66(60,48-25-8-4-9-26-48)49-27-10-5-11-28-49/h3-43H,1-2H3. The highest BCUT2D eigenvalue weighted by atomic mass is 15.1. The normalized spacial score (nSPS) is 13.8. The van der Waals surface area contributed by atoms with Crippen LogP contribution < -0.4 is 4.90 Å². The number of anilines is 3. The van der Waals surface area contributed by atoms with Crippen LogP contribution in [0.1, 0.15) is 47.2 Å². The predicted octanol–water partition coefficient (Wildman–Crippen LogP) is 17.5. The highest BCUT2D eigenvalue weighted by Crippen LogP contribution is 2.58. The molecule has 13 rings (SSSR count). The summed E-state index contributed by atoms with van der Waals surface area (Å²) in [4.78, 5) is 2.53. The Balaban J connectivity index is 1.08. The molecule has 2 aliphatic carbocycles. The fraction of sp³-hybridized carbons (Fsp3) is 0.0606. The summed E-state index contributed by atoms with van der Waals surface area (Å²) in [5.41, 5.74) is 20.5. The summed E-state index contributed by atoms with van der Waals surface area (Å²) in [6, 6.07) is 92.7. The average molecular weight is 854 g/mol. The Kier molecular flexibility index (Phi) is 8.85. The molecule has 0 amide bonds. The van der Waals surface area contributed by atoms with E-state index in [-0.39, 0.29) is 5.41 Å². The summed E-state index contributed by atoms with van der Waals surface area (Å²) < 4.78 is 0. The van der Waals surface area contributed by atoms with Gasteiger partial charge in [-0.2, -0.15) is 0 Å². The number of fused-ring (bicyclic) bond motifs is 8. The summed E-state index contributed by atoms with van der Waals surface area (Å²) in [7, 11) is 0. The van der Waals surface area contributed by atoms with Crippen molar-refractivity contribution < 1.29 is 0 Å². The van der Waals surface area contributed by atoms with Crippen LogP contribution >= 0.6 is 0 Å². The first-order chi connectivity index (χ1) is 33.0. The van der Waals surface area contributed by atoms with E-state index in [9.17, 15) is 0 Å². The van der Waals surface area contributed by atoms with Gasteiger partial charge in [0.25, 0.3) is 0 Å². The first-order valence-corrected chi connectivity index (χ1v) is 23.5. The quantitative estimate of drug-likeness (QED) is 0.154. The van der Waals surface area contributed by atoms with Crippen molar-refractivity contribution in [1.29, 1.82) is 0 Å². The summed E-state index contributed by atoms with van der Waals surface area (Å²) in [6.07, 6.45) is 0. The van der Waals surface area contributed by atoms with E-state index in [0.29, 0.717) is 0 Å². The number of para-hydroxylation sites is 1. The van der Waals surface area contributed by atoms with Gasteiger partial charge in [0.15, 0.2) is 0 Å². The van der Waals surface area contributed by atoms with Crippen LogP contribution in [0.4, 0.5) is 17.1 Å². The van der Waals surface area contributed by atoms with Gasteiger partial charge in [0.05, 0.1) is 11.1 Å². The van der Waals surface area contributed by atoms with Crippen LogP contribution in [-0.2, 0) is 10.8 Å². The van der Waals surface area contributed by atoms with Crippen molar-refractivity contribution in [2.75, 3.05) is 4.90 Å². The zero-order valence-corrected chi connectivity index (χ0v) is 37.6. The molecule has 1 nitrogen and oxygen atoms in total. The van der Waals surface area contributed by atoms with Gasteiger partial charge < -0.3 is 4.90 Å². The summed E-state index contributed by atoms with van der Waals surface area (Å²) >= 11 is 0. The van der Waals surface area contributed by atoms with Crippen LogP contribution in [0.3, 0.4) is 0 Å². The van der Waals surface area contributed by atoms with E-state index < -0.39 is 5.41 Å². The van der Waals surface area contributed by atoms with Crippen LogP contribution in [0.5, 0.6) is 0 Å². The predicted molar refractivity (Wildman–Crippen MR) is 282 cm³/mol. The van der Waals surface area contributed by atoms with E-state index >= 15 is 0 Å². The number of hydrogen-bond acceptors (Lipinski definition) is 1. The average Bonchev–Trinajstić information content (AvgIpc) is 3.80. The Labute approximate surface area is 392 Å². The third-order valence-electron chi connectivity index (χ3n) is 14.9. The molecule has 0 saturated heterocycles. The second-order valence-electron chi connectivity index (χ2n) is 18.8.